The Balaban J connectivity index is 1.64. The number of hydrogen-bond donors (Lipinski definition) is 1. The second-order valence-electron chi connectivity index (χ2n) is 4.60. The molecule has 1 saturated heterocycles. The summed E-state index contributed by atoms with van der Waals surface area (Å²) in [4.78, 5) is 0. The molecule has 0 bridgehead atoms. The molecule has 1 aliphatic heterocycles. The van der Waals surface area contributed by atoms with Gasteiger partial charge < -0.3 is 19.5 Å². The molecule has 19 heavy (non-hydrogen) atoms. The Morgan fingerprint density at radius 1 is 1.16 bits per heavy atom. The molecule has 1 heterocycles. The van der Waals surface area contributed by atoms with Crippen molar-refractivity contribution in [2.75, 3.05) is 33.0 Å². The average molecular weight is 265 g/mol. The molecule has 1 unspecified atom stereocenters. The van der Waals surface area contributed by atoms with Gasteiger partial charge >= 0.3 is 0 Å². The molecular formula is C15H23NO3. The Hall–Kier alpha value is -1.26. The van der Waals surface area contributed by atoms with Crippen molar-refractivity contribution in [1.29, 1.82) is 0 Å². The third kappa shape index (κ3) is 4.73. The van der Waals surface area contributed by atoms with Crippen molar-refractivity contribution in [1.82, 2.24) is 5.32 Å². The first-order chi connectivity index (χ1) is 9.40. The van der Waals surface area contributed by atoms with Gasteiger partial charge in [-0.2, -0.15) is 0 Å². The van der Waals surface area contributed by atoms with Gasteiger partial charge in [0.15, 0.2) is 11.5 Å². The van der Waals surface area contributed by atoms with E-state index in [1.54, 1.807) is 0 Å². The van der Waals surface area contributed by atoms with Gasteiger partial charge in [0, 0.05) is 6.04 Å². The molecule has 1 atom stereocenters. The van der Waals surface area contributed by atoms with Crippen LogP contribution < -0.4 is 14.8 Å². The Kier molecular flexibility index (Phi) is 5.98. The Morgan fingerprint density at radius 2 is 1.95 bits per heavy atom. The lowest BCUT2D eigenvalue weighted by Crippen LogP contribution is -2.27. The third-order valence-electron chi connectivity index (χ3n) is 3.12. The molecule has 1 fully saturated rings. The molecule has 0 aliphatic carbocycles. The van der Waals surface area contributed by atoms with Crippen LogP contribution in [0, 0.1) is 0 Å². The lowest BCUT2D eigenvalue weighted by atomic mass is 10.2. The fourth-order valence-corrected chi connectivity index (χ4v) is 2.18. The topological polar surface area (TPSA) is 39.7 Å². The van der Waals surface area contributed by atoms with Crippen molar-refractivity contribution in [2.45, 2.75) is 25.8 Å². The van der Waals surface area contributed by atoms with E-state index in [-0.39, 0.29) is 0 Å². The van der Waals surface area contributed by atoms with E-state index in [9.17, 15) is 0 Å². The predicted octanol–water partition coefficient (Wildman–Crippen LogP) is 2.23. The summed E-state index contributed by atoms with van der Waals surface area (Å²) in [5.41, 5.74) is 0. The summed E-state index contributed by atoms with van der Waals surface area (Å²) in [5.74, 6) is 1.58. The van der Waals surface area contributed by atoms with Gasteiger partial charge in [0.1, 0.15) is 6.61 Å². The smallest absolute Gasteiger partial charge is 0.161 e. The van der Waals surface area contributed by atoms with E-state index in [4.69, 9.17) is 14.2 Å². The van der Waals surface area contributed by atoms with Crippen LogP contribution in [0.25, 0.3) is 0 Å². The summed E-state index contributed by atoms with van der Waals surface area (Å²) in [6.45, 7) is 5.66. The summed E-state index contributed by atoms with van der Waals surface area (Å²) < 4.78 is 16.8. The molecule has 0 spiro atoms. The maximum absolute atomic E-state index is 5.68. The molecule has 2 rings (SSSR count). The molecule has 4 heteroatoms. The van der Waals surface area contributed by atoms with E-state index in [0.29, 0.717) is 25.9 Å². The normalized spacial score (nSPS) is 18.5. The lowest BCUT2D eigenvalue weighted by Gasteiger charge is -2.13. The highest BCUT2D eigenvalue weighted by molar-refractivity contribution is 5.39. The molecule has 0 saturated carbocycles. The van der Waals surface area contributed by atoms with Crippen LogP contribution in [0.5, 0.6) is 11.5 Å². The largest absolute Gasteiger partial charge is 0.490 e. The van der Waals surface area contributed by atoms with Crippen LogP contribution in [0.4, 0.5) is 0 Å². The van der Waals surface area contributed by atoms with E-state index in [1.165, 1.54) is 12.8 Å². The summed E-state index contributed by atoms with van der Waals surface area (Å²) in [6, 6.07) is 8.25. The molecule has 0 aromatic heterocycles. The molecular weight excluding hydrogens is 242 g/mol. The number of hydrogen-bond acceptors (Lipinski definition) is 4. The van der Waals surface area contributed by atoms with Crippen molar-refractivity contribution in [3.63, 3.8) is 0 Å². The minimum Gasteiger partial charge on any atom is -0.490 e. The summed E-state index contributed by atoms with van der Waals surface area (Å²) >= 11 is 0. The van der Waals surface area contributed by atoms with Crippen LogP contribution in [0.15, 0.2) is 24.3 Å². The minimum absolute atomic E-state index is 0.524. The molecule has 1 N–H and O–H groups in total. The number of benzene rings is 1. The predicted molar refractivity (Wildman–Crippen MR) is 74.9 cm³/mol. The second-order valence-corrected chi connectivity index (χ2v) is 4.60. The summed E-state index contributed by atoms with van der Waals surface area (Å²) in [7, 11) is 0. The zero-order valence-corrected chi connectivity index (χ0v) is 11.6. The van der Waals surface area contributed by atoms with Crippen LogP contribution in [-0.4, -0.2) is 39.0 Å². The number of rotatable bonds is 8. The third-order valence-corrected chi connectivity index (χ3v) is 3.12. The van der Waals surface area contributed by atoms with Crippen LogP contribution in [0.3, 0.4) is 0 Å². The quantitative estimate of drug-likeness (QED) is 0.732. The van der Waals surface area contributed by atoms with Gasteiger partial charge in [-0.15, -0.1) is 0 Å². The Morgan fingerprint density at radius 3 is 2.63 bits per heavy atom. The van der Waals surface area contributed by atoms with E-state index in [1.807, 2.05) is 31.2 Å². The van der Waals surface area contributed by atoms with Crippen molar-refractivity contribution in [3.05, 3.63) is 24.3 Å². The van der Waals surface area contributed by atoms with Gasteiger partial charge in [-0.25, -0.2) is 0 Å². The molecule has 1 aromatic carbocycles. The van der Waals surface area contributed by atoms with Gasteiger partial charge in [-0.3, -0.25) is 0 Å². The highest BCUT2D eigenvalue weighted by Gasteiger charge is 2.13. The van der Waals surface area contributed by atoms with Crippen molar-refractivity contribution in [3.8, 4) is 11.5 Å². The SMILES string of the molecule is CCOc1ccccc1OCCOCC1CCCN1. The summed E-state index contributed by atoms with van der Waals surface area (Å²) in [6.07, 6.45) is 2.47. The average Bonchev–Trinajstić information content (AvgIpc) is 2.94. The van der Waals surface area contributed by atoms with E-state index in [2.05, 4.69) is 5.32 Å². The lowest BCUT2D eigenvalue weighted by molar-refractivity contribution is 0.0858. The van der Waals surface area contributed by atoms with E-state index in [0.717, 1.165) is 24.7 Å². The monoisotopic (exact) mass is 265 g/mol. The number of para-hydroxylation sites is 2. The molecule has 0 radical (unpaired) electrons. The number of ether oxygens (including phenoxy) is 3. The highest BCUT2D eigenvalue weighted by Crippen LogP contribution is 2.26. The maximum Gasteiger partial charge on any atom is 0.161 e. The van der Waals surface area contributed by atoms with E-state index < -0.39 is 0 Å². The molecule has 0 amide bonds. The van der Waals surface area contributed by atoms with Gasteiger partial charge in [0.05, 0.1) is 19.8 Å². The molecule has 1 aromatic rings. The minimum atomic E-state index is 0.524. The van der Waals surface area contributed by atoms with Crippen molar-refractivity contribution in [2.24, 2.45) is 0 Å². The van der Waals surface area contributed by atoms with E-state index >= 15 is 0 Å². The molecule has 106 valence electrons. The standard InChI is InChI=1S/C15H23NO3/c1-2-18-14-7-3-4-8-15(14)19-11-10-17-12-13-6-5-9-16-13/h3-4,7-8,13,16H,2,5-6,9-12H2,1H3. The van der Waals surface area contributed by atoms with Crippen molar-refractivity contribution >= 4 is 0 Å². The van der Waals surface area contributed by atoms with Crippen LogP contribution >= 0.6 is 0 Å². The first-order valence-electron chi connectivity index (χ1n) is 7.06. The Labute approximate surface area is 115 Å². The van der Waals surface area contributed by atoms with Crippen LogP contribution in [-0.2, 0) is 4.74 Å². The fourth-order valence-electron chi connectivity index (χ4n) is 2.18. The first-order valence-corrected chi connectivity index (χ1v) is 7.06. The summed E-state index contributed by atoms with van der Waals surface area (Å²) in [5, 5.41) is 3.41. The zero-order chi connectivity index (χ0) is 13.3. The van der Waals surface area contributed by atoms with Crippen molar-refractivity contribution < 1.29 is 14.2 Å². The van der Waals surface area contributed by atoms with Gasteiger partial charge in [-0.05, 0) is 38.4 Å². The number of nitrogens with one attached hydrogen (secondary N) is 1. The Bertz CT molecular complexity index is 364. The first kappa shape index (κ1) is 14.2. The van der Waals surface area contributed by atoms with Gasteiger partial charge in [-0.1, -0.05) is 12.1 Å². The second kappa shape index (κ2) is 8.02. The maximum atomic E-state index is 5.68. The highest BCUT2D eigenvalue weighted by atomic mass is 16.5. The fraction of sp³-hybridized carbons (Fsp3) is 0.600. The van der Waals surface area contributed by atoms with Gasteiger partial charge in [0.2, 0.25) is 0 Å². The van der Waals surface area contributed by atoms with Crippen LogP contribution in [0.2, 0.25) is 0 Å². The van der Waals surface area contributed by atoms with Crippen LogP contribution in [0.1, 0.15) is 19.8 Å². The molecule has 4 nitrogen and oxygen atoms in total. The zero-order valence-electron chi connectivity index (χ0n) is 11.6. The molecule has 1 aliphatic rings. The van der Waals surface area contributed by atoms with Gasteiger partial charge in [0.25, 0.3) is 0 Å².